The lowest BCUT2D eigenvalue weighted by Crippen LogP contribution is -2.68. The molecule has 0 bridgehead atoms. The van der Waals surface area contributed by atoms with Gasteiger partial charge in [-0.05, 0) is 51.6 Å². The predicted molar refractivity (Wildman–Crippen MR) is 91.7 cm³/mol. The first-order chi connectivity index (χ1) is 10.0. The summed E-state index contributed by atoms with van der Waals surface area (Å²) < 4.78 is 0. The molecule has 0 amide bonds. The minimum atomic E-state index is 0.237. The summed E-state index contributed by atoms with van der Waals surface area (Å²) in [6, 6.07) is 10.9. The summed E-state index contributed by atoms with van der Waals surface area (Å²) in [5.74, 6) is 0. The third-order valence-corrected chi connectivity index (χ3v) is 5.21. The first kappa shape index (κ1) is 16.5. The Balaban J connectivity index is 1.96. The molecule has 1 saturated heterocycles. The van der Waals surface area contributed by atoms with Crippen LogP contribution in [0, 0.1) is 0 Å². The average molecular weight is 288 g/mol. The zero-order valence-corrected chi connectivity index (χ0v) is 14.3. The van der Waals surface area contributed by atoms with E-state index in [4.69, 9.17) is 0 Å². The number of hydrogen-bond donors (Lipinski definition) is 1. The number of rotatable bonds is 6. The first-order valence-corrected chi connectivity index (χ1v) is 8.55. The number of nitrogens with zero attached hydrogens (tertiary/aromatic N) is 1. The fourth-order valence-electron chi connectivity index (χ4n) is 3.60. The maximum Gasteiger partial charge on any atom is 0.0329 e. The van der Waals surface area contributed by atoms with Crippen LogP contribution >= 0.6 is 0 Å². The van der Waals surface area contributed by atoms with Crippen molar-refractivity contribution in [2.75, 3.05) is 19.6 Å². The van der Waals surface area contributed by atoms with Gasteiger partial charge >= 0.3 is 0 Å². The Morgan fingerprint density at radius 1 is 1.10 bits per heavy atom. The van der Waals surface area contributed by atoms with Crippen LogP contribution < -0.4 is 5.32 Å². The second-order valence-corrected chi connectivity index (χ2v) is 7.18. The molecule has 21 heavy (non-hydrogen) atoms. The highest BCUT2D eigenvalue weighted by atomic mass is 15.3. The number of piperazine rings is 1. The molecule has 2 rings (SSSR count). The lowest BCUT2D eigenvalue weighted by Gasteiger charge is -2.52. The fraction of sp³-hybridized carbons (Fsp3) is 0.684. The molecular weight excluding hydrogens is 256 g/mol. The molecule has 0 unspecified atom stereocenters. The summed E-state index contributed by atoms with van der Waals surface area (Å²) >= 11 is 0. The van der Waals surface area contributed by atoms with Gasteiger partial charge in [0.05, 0.1) is 0 Å². The molecule has 0 aliphatic carbocycles. The van der Waals surface area contributed by atoms with Crippen LogP contribution in [0.1, 0.15) is 52.5 Å². The molecule has 1 aromatic rings. The molecule has 1 aliphatic heterocycles. The normalized spacial score (nSPS) is 21.3. The molecule has 2 heteroatoms. The second kappa shape index (κ2) is 6.93. The van der Waals surface area contributed by atoms with Gasteiger partial charge in [0.25, 0.3) is 0 Å². The van der Waals surface area contributed by atoms with E-state index in [0.29, 0.717) is 5.54 Å². The maximum absolute atomic E-state index is 3.75. The summed E-state index contributed by atoms with van der Waals surface area (Å²) in [7, 11) is 0. The van der Waals surface area contributed by atoms with Gasteiger partial charge in [-0.2, -0.15) is 0 Å². The molecule has 0 atom stereocenters. The minimum absolute atomic E-state index is 0.237. The number of benzene rings is 1. The summed E-state index contributed by atoms with van der Waals surface area (Å²) in [4.78, 5) is 2.76. The Kier molecular flexibility index (Phi) is 5.45. The molecule has 0 aromatic heterocycles. The molecule has 2 nitrogen and oxygen atoms in total. The van der Waals surface area contributed by atoms with Crippen LogP contribution in [-0.4, -0.2) is 35.6 Å². The molecular formula is C19H32N2. The Morgan fingerprint density at radius 3 is 2.38 bits per heavy atom. The Morgan fingerprint density at radius 2 is 1.76 bits per heavy atom. The zero-order chi connectivity index (χ0) is 15.3. The molecule has 1 heterocycles. The first-order valence-electron chi connectivity index (χ1n) is 8.55. The van der Waals surface area contributed by atoms with E-state index in [1.165, 1.54) is 37.8 Å². The van der Waals surface area contributed by atoms with Gasteiger partial charge in [0.2, 0.25) is 0 Å². The van der Waals surface area contributed by atoms with E-state index in [0.717, 1.165) is 13.1 Å². The van der Waals surface area contributed by atoms with Gasteiger partial charge < -0.3 is 5.32 Å². The number of nitrogens with one attached hydrogen (secondary N) is 1. The monoisotopic (exact) mass is 288 g/mol. The van der Waals surface area contributed by atoms with Crippen LogP contribution in [0.25, 0.3) is 0 Å². The number of aryl methyl sites for hydroxylation is 1. The molecule has 1 aromatic carbocycles. The summed E-state index contributed by atoms with van der Waals surface area (Å²) in [6.07, 6.45) is 4.91. The van der Waals surface area contributed by atoms with Crippen LogP contribution in [0.3, 0.4) is 0 Å². The van der Waals surface area contributed by atoms with E-state index in [2.05, 4.69) is 68.2 Å². The average Bonchev–Trinajstić information content (AvgIpc) is 2.49. The maximum atomic E-state index is 3.75. The largest absolute Gasteiger partial charge is 0.309 e. The van der Waals surface area contributed by atoms with E-state index < -0.39 is 0 Å². The fourth-order valence-corrected chi connectivity index (χ4v) is 3.60. The molecule has 0 saturated carbocycles. The van der Waals surface area contributed by atoms with Crippen LogP contribution in [0.5, 0.6) is 0 Å². The Bertz CT molecular complexity index is 420. The summed E-state index contributed by atoms with van der Waals surface area (Å²) in [5, 5.41) is 3.75. The molecule has 0 radical (unpaired) electrons. The van der Waals surface area contributed by atoms with E-state index in [1.807, 2.05) is 0 Å². The SMILES string of the molecule is CCC1(CC)CNC(C)(C)CN1CCCc1ccccc1. The lowest BCUT2D eigenvalue weighted by molar-refractivity contribution is 0.00831. The second-order valence-electron chi connectivity index (χ2n) is 7.18. The molecule has 0 spiro atoms. The van der Waals surface area contributed by atoms with E-state index in [1.54, 1.807) is 0 Å². The van der Waals surface area contributed by atoms with Gasteiger partial charge in [0.15, 0.2) is 0 Å². The Labute approximate surface area is 130 Å². The quantitative estimate of drug-likeness (QED) is 0.855. The van der Waals surface area contributed by atoms with Crippen molar-refractivity contribution in [3.05, 3.63) is 35.9 Å². The van der Waals surface area contributed by atoms with Crippen molar-refractivity contribution in [2.45, 2.75) is 64.5 Å². The van der Waals surface area contributed by atoms with Crippen molar-refractivity contribution in [1.29, 1.82) is 0 Å². The van der Waals surface area contributed by atoms with Crippen LogP contribution in [-0.2, 0) is 6.42 Å². The van der Waals surface area contributed by atoms with Gasteiger partial charge in [-0.3, -0.25) is 4.90 Å². The highest BCUT2D eigenvalue weighted by Crippen LogP contribution is 2.30. The minimum Gasteiger partial charge on any atom is -0.309 e. The highest BCUT2D eigenvalue weighted by molar-refractivity contribution is 5.14. The van der Waals surface area contributed by atoms with Crippen molar-refractivity contribution in [3.63, 3.8) is 0 Å². The van der Waals surface area contributed by atoms with Crippen LogP contribution in [0.4, 0.5) is 0 Å². The molecule has 1 aliphatic rings. The predicted octanol–water partition coefficient (Wildman–Crippen LogP) is 3.86. The zero-order valence-electron chi connectivity index (χ0n) is 14.3. The molecule has 118 valence electrons. The van der Waals surface area contributed by atoms with Crippen LogP contribution in [0.15, 0.2) is 30.3 Å². The topological polar surface area (TPSA) is 15.3 Å². The van der Waals surface area contributed by atoms with Gasteiger partial charge in [-0.25, -0.2) is 0 Å². The van der Waals surface area contributed by atoms with Gasteiger partial charge in [-0.1, -0.05) is 44.2 Å². The van der Waals surface area contributed by atoms with E-state index >= 15 is 0 Å². The smallest absolute Gasteiger partial charge is 0.0329 e. The van der Waals surface area contributed by atoms with Gasteiger partial charge in [-0.15, -0.1) is 0 Å². The summed E-state index contributed by atoms with van der Waals surface area (Å²) in [6.45, 7) is 12.8. The summed E-state index contributed by atoms with van der Waals surface area (Å²) in [5.41, 5.74) is 2.05. The lowest BCUT2D eigenvalue weighted by atomic mass is 9.84. The Hall–Kier alpha value is -0.860. The number of hydrogen-bond acceptors (Lipinski definition) is 2. The van der Waals surface area contributed by atoms with E-state index in [-0.39, 0.29) is 5.54 Å². The van der Waals surface area contributed by atoms with Gasteiger partial charge in [0, 0.05) is 24.2 Å². The van der Waals surface area contributed by atoms with Crippen molar-refractivity contribution in [2.24, 2.45) is 0 Å². The van der Waals surface area contributed by atoms with E-state index in [9.17, 15) is 0 Å². The van der Waals surface area contributed by atoms with Crippen molar-refractivity contribution < 1.29 is 0 Å². The highest BCUT2D eigenvalue weighted by Gasteiger charge is 2.41. The van der Waals surface area contributed by atoms with Crippen molar-refractivity contribution in [3.8, 4) is 0 Å². The molecule has 1 N–H and O–H groups in total. The molecule has 1 fully saturated rings. The third kappa shape index (κ3) is 4.08. The van der Waals surface area contributed by atoms with Gasteiger partial charge in [0.1, 0.15) is 0 Å². The van der Waals surface area contributed by atoms with Crippen molar-refractivity contribution >= 4 is 0 Å². The van der Waals surface area contributed by atoms with Crippen LogP contribution in [0.2, 0.25) is 0 Å². The third-order valence-electron chi connectivity index (χ3n) is 5.21. The van der Waals surface area contributed by atoms with Crippen molar-refractivity contribution in [1.82, 2.24) is 10.2 Å². The standard InChI is InChI=1S/C19H32N2/c1-5-19(6-2)15-20-18(3,4)16-21(19)14-10-13-17-11-8-7-9-12-17/h7-9,11-12,20H,5-6,10,13-16H2,1-4H3.